The van der Waals surface area contributed by atoms with Crippen LogP contribution < -0.4 is 5.32 Å². The molecule has 0 aliphatic rings. The van der Waals surface area contributed by atoms with Gasteiger partial charge in [-0.25, -0.2) is 0 Å². The van der Waals surface area contributed by atoms with E-state index in [-0.39, 0.29) is 0 Å². The lowest BCUT2D eigenvalue weighted by atomic mass is 10.1. The summed E-state index contributed by atoms with van der Waals surface area (Å²) in [5, 5.41) is 4.11. The minimum absolute atomic E-state index is 0.679. The number of aryl methyl sites for hydroxylation is 1. The van der Waals surface area contributed by atoms with E-state index in [0.29, 0.717) is 5.92 Å². The molecule has 0 amide bonds. The lowest BCUT2D eigenvalue weighted by molar-refractivity contribution is 0.460. The van der Waals surface area contributed by atoms with Crippen molar-refractivity contribution in [3.8, 4) is 0 Å². The van der Waals surface area contributed by atoms with E-state index in [1.807, 2.05) is 19.3 Å². The molecule has 1 aromatic rings. The molecule has 4 nitrogen and oxygen atoms in total. The summed E-state index contributed by atoms with van der Waals surface area (Å²) in [4.78, 5) is 6.81. The average Bonchev–Trinajstić information content (AvgIpc) is 2.66. The van der Waals surface area contributed by atoms with Crippen LogP contribution in [0.1, 0.15) is 32.9 Å². The van der Waals surface area contributed by atoms with Gasteiger partial charge in [-0.15, -0.1) is 0 Å². The molecule has 0 radical (unpaired) electrons. The number of hydrogen-bond donors (Lipinski definition) is 1. The van der Waals surface area contributed by atoms with Crippen molar-refractivity contribution >= 4 is 17.6 Å². The van der Waals surface area contributed by atoms with Gasteiger partial charge in [0.05, 0.1) is 11.6 Å². The van der Waals surface area contributed by atoms with Gasteiger partial charge < -0.3 is 14.8 Å². The molecule has 1 N–H and O–H groups in total. The molecule has 20 heavy (non-hydrogen) atoms. The van der Waals surface area contributed by atoms with E-state index in [0.717, 1.165) is 37.0 Å². The summed E-state index contributed by atoms with van der Waals surface area (Å²) >= 11 is 6.02. The Labute approximate surface area is 127 Å². The monoisotopic (exact) mass is 298 g/mol. The summed E-state index contributed by atoms with van der Waals surface area (Å²) in [6, 6.07) is 2.00. The Morgan fingerprint density at radius 2 is 2.20 bits per heavy atom. The summed E-state index contributed by atoms with van der Waals surface area (Å²) in [7, 11) is 4.07. The van der Waals surface area contributed by atoms with Crippen LogP contribution in [-0.2, 0) is 13.6 Å². The van der Waals surface area contributed by atoms with Crippen LogP contribution in [0.15, 0.2) is 17.3 Å². The lowest BCUT2D eigenvalue weighted by Gasteiger charge is -2.22. The Balaban J connectivity index is 2.68. The van der Waals surface area contributed by atoms with Gasteiger partial charge in [0.1, 0.15) is 0 Å². The van der Waals surface area contributed by atoms with Gasteiger partial charge in [-0.2, -0.15) is 0 Å². The molecule has 0 bridgehead atoms. The van der Waals surface area contributed by atoms with Gasteiger partial charge in [-0.05, 0) is 25.3 Å². The summed E-state index contributed by atoms with van der Waals surface area (Å²) < 4.78 is 2.05. The van der Waals surface area contributed by atoms with Gasteiger partial charge in [0.25, 0.3) is 0 Å². The Morgan fingerprint density at radius 1 is 1.50 bits per heavy atom. The minimum atomic E-state index is 0.679. The van der Waals surface area contributed by atoms with E-state index >= 15 is 0 Å². The molecule has 1 aromatic heterocycles. The molecule has 1 rings (SSSR count). The van der Waals surface area contributed by atoms with Gasteiger partial charge in [-0.3, -0.25) is 4.99 Å². The van der Waals surface area contributed by atoms with E-state index < -0.39 is 0 Å². The van der Waals surface area contributed by atoms with Gasteiger partial charge >= 0.3 is 0 Å². The molecule has 5 heteroatoms. The summed E-state index contributed by atoms with van der Waals surface area (Å²) in [5.74, 6) is 1.63. The molecule has 114 valence electrons. The van der Waals surface area contributed by atoms with Crippen LogP contribution in [0, 0.1) is 5.92 Å². The van der Waals surface area contributed by atoms with Crippen LogP contribution in [0.2, 0.25) is 5.02 Å². The Morgan fingerprint density at radius 3 is 2.70 bits per heavy atom. The van der Waals surface area contributed by atoms with Crippen LogP contribution in [0.25, 0.3) is 0 Å². The van der Waals surface area contributed by atoms with Crippen molar-refractivity contribution in [3.05, 3.63) is 23.0 Å². The van der Waals surface area contributed by atoms with E-state index in [2.05, 4.69) is 47.6 Å². The fourth-order valence-corrected chi connectivity index (χ4v) is 2.21. The minimum Gasteiger partial charge on any atom is -0.357 e. The second kappa shape index (κ2) is 8.20. The Hall–Kier alpha value is -1.16. The van der Waals surface area contributed by atoms with Crippen LogP contribution in [0.3, 0.4) is 0 Å². The molecule has 0 fully saturated rings. The SMILES string of the molecule is CCNC(=NCCC(C)C)N(C)Cc1cc(Cl)cn1C. The molecular weight excluding hydrogens is 272 g/mol. The first-order valence-electron chi connectivity index (χ1n) is 7.24. The van der Waals surface area contributed by atoms with Crippen LogP contribution in [0.4, 0.5) is 0 Å². The fraction of sp³-hybridized carbons (Fsp3) is 0.667. The predicted molar refractivity (Wildman–Crippen MR) is 87.3 cm³/mol. The number of guanidine groups is 1. The predicted octanol–water partition coefficient (Wildman–Crippen LogP) is 3.12. The maximum Gasteiger partial charge on any atom is 0.194 e. The van der Waals surface area contributed by atoms with E-state index in [1.54, 1.807) is 0 Å². The molecule has 0 aromatic carbocycles. The molecule has 0 saturated carbocycles. The normalized spacial score (nSPS) is 12.1. The van der Waals surface area contributed by atoms with Gasteiger partial charge in [0, 0.05) is 39.1 Å². The fourth-order valence-electron chi connectivity index (χ4n) is 1.94. The summed E-state index contributed by atoms with van der Waals surface area (Å²) in [5.41, 5.74) is 1.17. The first-order valence-corrected chi connectivity index (χ1v) is 7.62. The second-order valence-corrected chi connectivity index (χ2v) is 5.97. The first-order chi connectivity index (χ1) is 9.43. The van der Waals surface area contributed by atoms with Crippen molar-refractivity contribution in [1.29, 1.82) is 0 Å². The van der Waals surface area contributed by atoms with Crippen LogP contribution in [-0.4, -0.2) is 35.6 Å². The lowest BCUT2D eigenvalue weighted by Crippen LogP contribution is -2.39. The first kappa shape index (κ1) is 16.9. The van der Waals surface area contributed by atoms with Gasteiger partial charge in [0.2, 0.25) is 0 Å². The molecule has 0 saturated heterocycles. The summed E-state index contributed by atoms with van der Waals surface area (Å²) in [6.07, 6.45) is 3.03. The highest BCUT2D eigenvalue weighted by molar-refractivity contribution is 6.30. The zero-order chi connectivity index (χ0) is 15.1. The topological polar surface area (TPSA) is 32.6 Å². The zero-order valence-corrected chi connectivity index (χ0v) is 14.0. The van der Waals surface area contributed by atoms with Crippen molar-refractivity contribution in [2.75, 3.05) is 20.1 Å². The second-order valence-electron chi connectivity index (χ2n) is 5.53. The number of aromatic nitrogens is 1. The van der Waals surface area contributed by atoms with Crippen LogP contribution >= 0.6 is 11.6 Å². The molecule has 0 spiro atoms. The van der Waals surface area contributed by atoms with Gasteiger partial charge in [-0.1, -0.05) is 25.4 Å². The third-order valence-corrected chi connectivity index (χ3v) is 3.34. The highest BCUT2D eigenvalue weighted by Gasteiger charge is 2.09. The van der Waals surface area contributed by atoms with Crippen molar-refractivity contribution < 1.29 is 0 Å². The van der Waals surface area contributed by atoms with Crippen LogP contribution in [0.5, 0.6) is 0 Å². The standard InChI is InChI=1S/C15H27ClN4/c1-6-17-15(18-8-7-12(2)3)20(5)11-14-9-13(16)10-19(14)4/h9-10,12H,6-8,11H2,1-5H3,(H,17,18). The quantitative estimate of drug-likeness (QED) is 0.646. The summed E-state index contributed by atoms with van der Waals surface area (Å²) in [6.45, 7) is 9.05. The maximum absolute atomic E-state index is 6.02. The highest BCUT2D eigenvalue weighted by atomic mass is 35.5. The molecule has 0 aliphatic heterocycles. The third-order valence-electron chi connectivity index (χ3n) is 3.14. The number of nitrogens with zero attached hydrogens (tertiary/aromatic N) is 3. The van der Waals surface area contributed by atoms with Crippen molar-refractivity contribution in [2.24, 2.45) is 18.0 Å². The van der Waals surface area contributed by atoms with Gasteiger partial charge in [0.15, 0.2) is 5.96 Å². The average molecular weight is 299 g/mol. The number of nitrogens with one attached hydrogen (secondary N) is 1. The zero-order valence-electron chi connectivity index (χ0n) is 13.3. The molecule has 0 unspecified atom stereocenters. The van der Waals surface area contributed by atoms with Crippen molar-refractivity contribution in [3.63, 3.8) is 0 Å². The number of halogens is 1. The smallest absolute Gasteiger partial charge is 0.194 e. The van der Waals surface area contributed by atoms with E-state index in [9.17, 15) is 0 Å². The number of aliphatic imine (C=N–C) groups is 1. The van der Waals surface area contributed by atoms with Crippen molar-refractivity contribution in [1.82, 2.24) is 14.8 Å². The Kier molecular flexibility index (Phi) is 6.93. The van der Waals surface area contributed by atoms with Crippen molar-refractivity contribution in [2.45, 2.75) is 33.7 Å². The van der Waals surface area contributed by atoms with E-state index in [4.69, 9.17) is 11.6 Å². The molecule has 0 aliphatic carbocycles. The largest absolute Gasteiger partial charge is 0.357 e. The Bertz CT molecular complexity index is 437. The number of rotatable bonds is 6. The molecular formula is C15H27ClN4. The maximum atomic E-state index is 6.02. The van der Waals surface area contributed by atoms with E-state index in [1.165, 1.54) is 5.69 Å². The molecule has 1 heterocycles. The number of hydrogen-bond acceptors (Lipinski definition) is 1. The third kappa shape index (κ3) is 5.45. The highest BCUT2D eigenvalue weighted by Crippen LogP contribution is 2.14. The molecule has 0 atom stereocenters.